The summed E-state index contributed by atoms with van der Waals surface area (Å²) in [5.41, 5.74) is 1.90. The van der Waals surface area contributed by atoms with E-state index in [1.807, 2.05) is 13.1 Å². The van der Waals surface area contributed by atoms with Crippen LogP contribution >= 0.6 is 0 Å². The highest BCUT2D eigenvalue weighted by molar-refractivity contribution is 6.04. The number of hydrogen-bond acceptors (Lipinski definition) is 3. The van der Waals surface area contributed by atoms with Gasteiger partial charge < -0.3 is 15.0 Å². The molecule has 1 aliphatic heterocycles. The van der Waals surface area contributed by atoms with Crippen molar-refractivity contribution in [1.82, 2.24) is 0 Å². The van der Waals surface area contributed by atoms with E-state index in [0.29, 0.717) is 12.3 Å². The number of rotatable bonds is 2. The van der Waals surface area contributed by atoms with Crippen molar-refractivity contribution in [1.29, 1.82) is 0 Å². The summed E-state index contributed by atoms with van der Waals surface area (Å²) >= 11 is 0. The minimum Gasteiger partial charge on any atom is -0.489 e. The van der Waals surface area contributed by atoms with E-state index in [9.17, 15) is 9.18 Å². The van der Waals surface area contributed by atoms with Crippen LogP contribution in [0.3, 0.4) is 0 Å². The summed E-state index contributed by atoms with van der Waals surface area (Å²) in [5, 5.41) is 2.75. The van der Waals surface area contributed by atoms with Gasteiger partial charge in [0, 0.05) is 24.4 Å². The monoisotopic (exact) mass is 286 g/mol. The molecule has 1 N–H and O–H groups in total. The molecule has 0 radical (unpaired) electrons. The maximum atomic E-state index is 13.1. The topological polar surface area (TPSA) is 41.6 Å². The predicted molar refractivity (Wildman–Crippen MR) is 79.6 cm³/mol. The van der Waals surface area contributed by atoms with Gasteiger partial charge in [-0.15, -0.1) is 0 Å². The lowest BCUT2D eigenvalue weighted by atomic mass is 10.2. The van der Waals surface area contributed by atoms with Gasteiger partial charge >= 0.3 is 0 Å². The molecule has 0 saturated heterocycles. The number of anilines is 2. The maximum Gasteiger partial charge on any atom is 0.255 e. The van der Waals surface area contributed by atoms with Gasteiger partial charge in [-0.3, -0.25) is 4.79 Å². The van der Waals surface area contributed by atoms with Gasteiger partial charge in [0.1, 0.15) is 18.2 Å². The smallest absolute Gasteiger partial charge is 0.255 e. The SMILES string of the molecule is CN1CCOc2cc(NC(=O)c3cccc(F)c3)ccc21. The van der Waals surface area contributed by atoms with Crippen molar-refractivity contribution in [2.75, 3.05) is 30.4 Å². The number of likely N-dealkylation sites (N-methyl/N-ethyl adjacent to an activating group) is 1. The second-order valence-corrected chi connectivity index (χ2v) is 4.92. The van der Waals surface area contributed by atoms with Crippen molar-refractivity contribution >= 4 is 17.3 Å². The van der Waals surface area contributed by atoms with E-state index in [4.69, 9.17) is 4.74 Å². The van der Waals surface area contributed by atoms with Gasteiger partial charge in [0.15, 0.2) is 0 Å². The van der Waals surface area contributed by atoms with Crippen molar-refractivity contribution in [3.63, 3.8) is 0 Å². The van der Waals surface area contributed by atoms with E-state index >= 15 is 0 Å². The van der Waals surface area contributed by atoms with E-state index in [2.05, 4.69) is 10.2 Å². The average Bonchev–Trinajstić information content (AvgIpc) is 2.47. The van der Waals surface area contributed by atoms with Gasteiger partial charge in [-0.05, 0) is 30.3 Å². The first kappa shape index (κ1) is 13.4. The summed E-state index contributed by atoms with van der Waals surface area (Å²) in [5.74, 6) is -0.0440. The van der Waals surface area contributed by atoms with Gasteiger partial charge in [-0.2, -0.15) is 0 Å². The third kappa shape index (κ3) is 2.81. The molecule has 21 heavy (non-hydrogen) atoms. The van der Waals surface area contributed by atoms with E-state index in [1.54, 1.807) is 18.2 Å². The van der Waals surface area contributed by atoms with Crippen LogP contribution in [0.15, 0.2) is 42.5 Å². The summed E-state index contributed by atoms with van der Waals surface area (Å²) < 4.78 is 18.7. The Kier molecular flexibility index (Phi) is 3.48. The highest BCUT2D eigenvalue weighted by Gasteiger charge is 2.16. The molecule has 0 fully saturated rings. The lowest BCUT2D eigenvalue weighted by molar-refractivity contribution is 0.102. The number of benzene rings is 2. The highest BCUT2D eigenvalue weighted by Crippen LogP contribution is 2.33. The van der Waals surface area contributed by atoms with Crippen molar-refractivity contribution in [2.45, 2.75) is 0 Å². The number of halogens is 1. The molecule has 2 aromatic carbocycles. The van der Waals surface area contributed by atoms with Crippen LogP contribution < -0.4 is 15.0 Å². The van der Waals surface area contributed by atoms with Crippen LogP contribution in [0, 0.1) is 5.82 Å². The minimum absolute atomic E-state index is 0.283. The summed E-state index contributed by atoms with van der Waals surface area (Å²) in [4.78, 5) is 14.2. The number of carbonyl (C=O) groups is 1. The molecule has 1 amide bonds. The molecule has 0 aromatic heterocycles. The molecule has 1 heterocycles. The second-order valence-electron chi connectivity index (χ2n) is 4.92. The van der Waals surface area contributed by atoms with Crippen molar-refractivity contribution in [3.8, 4) is 5.75 Å². The fraction of sp³-hybridized carbons (Fsp3) is 0.188. The normalized spacial score (nSPS) is 13.3. The maximum absolute atomic E-state index is 13.1. The Morgan fingerprint density at radius 3 is 2.95 bits per heavy atom. The number of fused-ring (bicyclic) bond motifs is 1. The first-order valence-corrected chi connectivity index (χ1v) is 6.68. The van der Waals surface area contributed by atoms with Gasteiger partial charge in [0.25, 0.3) is 5.91 Å². The standard InChI is InChI=1S/C16H15FN2O2/c1-19-7-8-21-15-10-13(5-6-14(15)19)18-16(20)11-3-2-4-12(17)9-11/h2-6,9-10H,7-8H2,1H3,(H,18,20). The van der Waals surface area contributed by atoms with Gasteiger partial charge in [0.2, 0.25) is 0 Å². The number of ether oxygens (including phenoxy) is 1. The summed E-state index contributed by atoms with van der Waals surface area (Å²) in [6, 6.07) is 11.1. The molecule has 0 atom stereocenters. The fourth-order valence-electron chi connectivity index (χ4n) is 2.27. The molecule has 2 aromatic rings. The zero-order chi connectivity index (χ0) is 14.8. The van der Waals surface area contributed by atoms with Crippen molar-refractivity contribution in [2.24, 2.45) is 0 Å². The molecular weight excluding hydrogens is 271 g/mol. The molecule has 1 aliphatic rings. The molecule has 108 valence electrons. The Morgan fingerprint density at radius 1 is 1.29 bits per heavy atom. The lowest BCUT2D eigenvalue weighted by Crippen LogP contribution is -2.28. The molecule has 0 bridgehead atoms. The number of hydrogen-bond donors (Lipinski definition) is 1. The van der Waals surface area contributed by atoms with Crippen LogP contribution in [0.5, 0.6) is 5.75 Å². The Hall–Kier alpha value is -2.56. The third-order valence-corrected chi connectivity index (χ3v) is 3.40. The lowest BCUT2D eigenvalue weighted by Gasteiger charge is -2.27. The minimum atomic E-state index is -0.432. The molecule has 4 nitrogen and oxygen atoms in total. The third-order valence-electron chi connectivity index (χ3n) is 3.40. The molecule has 0 unspecified atom stereocenters. The first-order chi connectivity index (χ1) is 10.1. The Morgan fingerprint density at radius 2 is 2.14 bits per heavy atom. The Balaban J connectivity index is 1.81. The molecule has 3 rings (SSSR count). The largest absolute Gasteiger partial charge is 0.489 e. The van der Waals surface area contributed by atoms with Crippen molar-refractivity contribution < 1.29 is 13.9 Å². The number of nitrogens with zero attached hydrogens (tertiary/aromatic N) is 1. The Bertz CT molecular complexity index is 688. The van der Waals surface area contributed by atoms with Crippen LogP contribution in [0.1, 0.15) is 10.4 Å². The summed E-state index contributed by atoms with van der Waals surface area (Å²) in [7, 11) is 1.99. The number of nitrogens with one attached hydrogen (secondary N) is 1. The summed E-state index contributed by atoms with van der Waals surface area (Å²) in [6.07, 6.45) is 0. The molecule has 5 heteroatoms. The average molecular weight is 286 g/mol. The fourth-order valence-corrected chi connectivity index (χ4v) is 2.27. The van der Waals surface area contributed by atoms with E-state index < -0.39 is 5.82 Å². The van der Waals surface area contributed by atoms with Crippen LogP contribution in [0.2, 0.25) is 0 Å². The molecule has 0 aliphatic carbocycles. The number of amides is 1. The van der Waals surface area contributed by atoms with Gasteiger partial charge in [-0.1, -0.05) is 6.07 Å². The van der Waals surface area contributed by atoms with Crippen LogP contribution in [0.4, 0.5) is 15.8 Å². The predicted octanol–water partition coefficient (Wildman–Crippen LogP) is 2.91. The molecular formula is C16H15FN2O2. The first-order valence-electron chi connectivity index (χ1n) is 6.68. The van der Waals surface area contributed by atoms with Crippen LogP contribution in [-0.2, 0) is 0 Å². The van der Waals surface area contributed by atoms with Gasteiger partial charge in [0.05, 0.1) is 12.2 Å². The van der Waals surface area contributed by atoms with E-state index in [-0.39, 0.29) is 11.5 Å². The Labute approximate surface area is 122 Å². The number of carbonyl (C=O) groups excluding carboxylic acids is 1. The van der Waals surface area contributed by atoms with Crippen LogP contribution in [-0.4, -0.2) is 26.1 Å². The second kappa shape index (κ2) is 5.44. The zero-order valence-corrected chi connectivity index (χ0v) is 11.6. The van der Waals surface area contributed by atoms with E-state index in [1.165, 1.54) is 18.2 Å². The van der Waals surface area contributed by atoms with Crippen molar-refractivity contribution in [3.05, 3.63) is 53.8 Å². The van der Waals surface area contributed by atoms with Crippen LogP contribution in [0.25, 0.3) is 0 Å². The molecule has 0 saturated carbocycles. The zero-order valence-electron chi connectivity index (χ0n) is 11.6. The quantitative estimate of drug-likeness (QED) is 0.923. The van der Waals surface area contributed by atoms with Gasteiger partial charge in [-0.25, -0.2) is 4.39 Å². The van der Waals surface area contributed by atoms with E-state index in [0.717, 1.165) is 18.0 Å². The molecule has 0 spiro atoms. The summed E-state index contributed by atoms with van der Waals surface area (Å²) in [6.45, 7) is 1.45. The highest BCUT2D eigenvalue weighted by atomic mass is 19.1.